The van der Waals surface area contributed by atoms with Gasteiger partial charge >= 0.3 is 0 Å². The van der Waals surface area contributed by atoms with E-state index in [0.717, 1.165) is 27.5 Å². The number of aromatic nitrogens is 3. The predicted octanol–water partition coefficient (Wildman–Crippen LogP) is 18.5. The maximum atomic E-state index is 5.08. The van der Waals surface area contributed by atoms with Crippen LogP contribution in [0.25, 0.3) is 142 Å². The predicted molar refractivity (Wildman–Crippen MR) is 301 cm³/mol. The Kier molecular flexibility index (Phi) is 9.71. The fourth-order valence-corrected chi connectivity index (χ4v) is 11.8. The van der Waals surface area contributed by atoms with E-state index in [1.165, 1.54) is 97.0 Å². The highest BCUT2D eigenvalue weighted by Crippen LogP contribution is 2.42. The molecule has 14 rings (SSSR count). The lowest BCUT2D eigenvalue weighted by Gasteiger charge is -2.13. The van der Waals surface area contributed by atoms with Gasteiger partial charge in [-0.1, -0.05) is 212 Å². The molecule has 0 bridgehead atoms. The second-order valence-electron chi connectivity index (χ2n) is 18.3. The van der Waals surface area contributed by atoms with E-state index >= 15 is 0 Å². The molecule has 3 nitrogen and oxygen atoms in total. The topological polar surface area (TPSA) is 38.7 Å². The van der Waals surface area contributed by atoms with Gasteiger partial charge in [-0.2, -0.15) is 0 Å². The molecule has 330 valence electrons. The zero-order valence-electron chi connectivity index (χ0n) is 38.4. The van der Waals surface area contributed by atoms with E-state index in [0.29, 0.717) is 17.5 Å². The summed E-state index contributed by atoms with van der Waals surface area (Å²) in [6.45, 7) is 0. The molecule has 14 aromatic rings. The molecule has 0 saturated heterocycles. The summed E-state index contributed by atoms with van der Waals surface area (Å²) in [5.41, 5.74) is 12.5. The van der Waals surface area contributed by atoms with E-state index in [4.69, 9.17) is 15.0 Å². The third-order valence-corrected chi connectivity index (χ3v) is 15.2. The van der Waals surface area contributed by atoms with Gasteiger partial charge < -0.3 is 0 Å². The van der Waals surface area contributed by atoms with Crippen molar-refractivity contribution in [3.63, 3.8) is 0 Å². The van der Waals surface area contributed by atoms with Crippen LogP contribution in [-0.4, -0.2) is 15.0 Å². The van der Waals surface area contributed by atoms with Gasteiger partial charge in [-0.05, 0) is 124 Å². The molecule has 0 radical (unpaired) electrons. The third-order valence-electron chi connectivity index (χ3n) is 14.1. The Morgan fingerprint density at radius 3 is 1.18 bits per heavy atom. The minimum absolute atomic E-state index is 0.652. The lowest BCUT2D eigenvalue weighted by atomic mass is 9.91. The van der Waals surface area contributed by atoms with Crippen LogP contribution in [0.2, 0.25) is 0 Å². The van der Waals surface area contributed by atoms with Crippen LogP contribution < -0.4 is 0 Å². The first-order chi connectivity index (χ1) is 35.2. The Morgan fingerprint density at radius 1 is 0.197 bits per heavy atom. The van der Waals surface area contributed by atoms with Crippen LogP contribution in [-0.2, 0) is 0 Å². The van der Waals surface area contributed by atoms with Crippen LogP contribution in [0.3, 0.4) is 0 Å². The zero-order valence-corrected chi connectivity index (χ0v) is 39.2. The molecule has 0 spiro atoms. The molecular weight excluding hydrogens is 879 g/mol. The summed E-state index contributed by atoms with van der Waals surface area (Å²) in [5.74, 6) is 1.96. The van der Waals surface area contributed by atoms with Crippen LogP contribution in [0.1, 0.15) is 0 Å². The van der Waals surface area contributed by atoms with Gasteiger partial charge in [0.2, 0.25) is 0 Å². The molecule has 0 aliphatic carbocycles. The monoisotopic (exact) mass is 919 g/mol. The highest BCUT2D eigenvalue weighted by atomic mass is 32.1. The summed E-state index contributed by atoms with van der Waals surface area (Å²) in [6.07, 6.45) is 0. The Morgan fingerprint density at radius 2 is 0.592 bits per heavy atom. The number of rotatable bonds is 7. The van der Waals surface area contributed by atoms with Gasteiger partial charge in [-0.25, -0.2) is 15.0 Å². The van der Waals surface area contributed by atoms with E-state index in [2.05, 4.69) is 188 Å². The van der Waals surface area contributed by atoms with Crippen molar-refractivity contribution in [2.45, 2.75) is 0 Å². The zero-order chi connectivity index (χ0) is 46.8. The summed E-state index contributed by atoms with van der Waals surface area (Å²) in [6, 6.07) is 89.7. The number of benzene rings is 12. The number of hydrogen-bond donors (Lipinski definition) is 0. The van der Waals surface area contributed by atoms with Crippen molar-refractivity contribution in [2.24, 2.45) is 0 Å². The molecule has 2 heterocycles. The van der Waals surface area contributed by atoms with Crippen molar-refractivity contribution >= 4 is 74.6 Å². The smallest absolute Gasteiger partial charge is 0.164 e. The molecule has 12 aromatic carbocycles. The lowest BCUT2D eigenvalue weighted by Crippen LogP contribution is -2.00. The standard InChI is InChI=1S/C67H41N3S/c1-3-15-42(16-4-1)65-68-66(43-17-5-2-6-18-43)70-67(69-65)60-30-14-28-52-51(27-13-29-56(52)60)50-32-35-59-62-40-49(33-36-63(62)71-64(59)41-50)47-22-12-20-45(38-47)44-19-11-21-46(37-44)48-31-34-58-55-25-8-7-23-53(55)54-24-9-10-26-57(54)61(58)39-48/h1-41H. The fourth-order valence-electron chi connectivity index (χ4n) is 10.7. The first-order valence-corrected chi connectivity index (χ1v) is 24.9. The minimum Gasteiger partial charge on any atom is -0.208 e. The number of thiophene rings is 1. The third kappa shape index (κ3) is 7.15. The molecule has 2 aromatic heterocycles. The van der Waals surface area contributed by atoms with Gasteiger partial charge in [-0.15, -0.1) is 11.3 Å². The van der Waals surface area contributed by atoms with Gasteiger partial charge in [-0.3, -0.25) is 0 Å². The molecule has 0 saturated carbocycles. The van der Waals surface area contributed by atoms with Gasteiger partial charge in [0, 0.05) is 36.9 Å². The summed E-state index contributed by atoms with van der Waals surface area (Å²) in [5, 5.41) is 12.5. The van der Waals surface area contributed by atoms with Crippen LogP contribution in [0.15, 0.2) is 249 Å². The fraction of sp³-hybridized carbons (Fsp3) is 0. The maximum Gasteiger partial charge on any atom is 0.164 e. The lowest BCUT2D eigenvalue weighted by molar-refractivity contribution is 1.08. The maximum absolute atomic E-state index is 5.08. The molecule has 0 N–H and O–H groups in total. The quantitative estimate of drug-likeness (QED) is 0.150. The Labute approximate surface area is 414 Å². The van der Waals surface area contributed by atoms with Gasteiger partial charge in [0.15, 0.2) is 17.5 Å². The molecule has 0 fully saturated rings. The van der Waals surface area contributed by atoms with E-state index in [9.17, 15) is 0 Å². The average Bonchev–Trinajstić information content (AvgIpc) is 3.82. The number of fused-ring (bicyclic) bond motifs is 10. The highest BCUT2D eigenvalue weighted by molar-refractivity contribution is 7.25. The number of hydrogen-bond acceptors (Lipinski definition) is 4. The largest absolute Gasteiger partial charge is 0.208 e. The van der Waals surface area contributed by atoms with Crippen LogP contribution in [0.4, 0.5) is 0 Å². The van der Waals surface area contributed by atoms with Crippen LogP contribution in [0, 0.1) is 0 Å². The van der Waals surface area contributed by atoms with E-state index < -0.39 is 0 Å². The number of nitrogens with zero attached hydrogens (tertiary/aromatic N) is 3. The molecule has 0 amide bonds. The highest BCUT2D eigenvalue weighted by Gasteiger charge is 2.17. The molecule has 71 heavy (non-hydrogen) atoms. The summed E-state index contributed by atoms with van der Waals surface area (Å²) < 4.78 is 2.54. The van der Waals surface area contributed by atoms with E-state index in [1.54, 1.807) is 0 Å². The van der Waals surface area contributed by atoms with Crippen LogP contribution >= 0.6 is 11.3 Å². The van der Waals surface area contributed by atoms with Crippen LogP contribution in [0.5, 0.6) is 0 Å². The average molecular weight is 920 g/mol. The summed E-state index contributed by atoms with van der Waals surface area (Å²) in [4.78, 5) is 15.1. The van der Waals surface area contributed by atoms with E-state index in [1.807, 2.05) is 72.0 Å². The van der Waals surface area contributed by atoms with Crippen molar-refractivity contribution in [3.05, 3.63) is 249 Å². The summed E-state index contributed by atoms with van der Waals surface area (Å²) >= 11 is 1.85. The van der Waals surface area contributed by atoms with Crippen molar-refractivity contribution in [1.29, 1.82) is 0 Å². The first-order valence-electron chi connectivity index (χ1n) is 24.1. The SMILES string of the molecule is c1ccc(-c2nc(-c3ccccc3)nc(-c3cccc4c(-c5ccc6c(c5)sc5ccc(-c7cccc(-c8cccc(-c9ccc%10c%11ccccc%11c%11ccccc%11c%10c9)c8)c7)cc56)cccc34)n2)cc1. The Hall–Kier alpha value is -9.09. The molecule has 0 aliphatic heterocycles. The van der Waals surface area contributed by atoms with Crippen molar-refractivity contribution in [2.75, 3.05) is 0 Å². The molecule has 0 unspecified atom stereocenters. The second kappa shape index (κ2) is 16.8. The van der Waals surface area contributed by atoms with Crippen molar-refractivity contribution in [3.8, 4) is 78.7 Å². The van der Waals surface area contributed by atoms with Gasteiger partial charge in [0.25, 0.3) is 0 Å². The molecule has 4 heteroatoms. The normalized spacial score (nSPS) is 11.7. The van der Waals surface area contributed by atoms with Crippen molar-refractivity contribution < 1.29 is 0 Å². The minimum atomic E-state index is 0.652. The van der Waals surface area contributed by atoms with Gasteiger partial charge in [0.05, 0.1) is 0 Å². The summed E-state index contributed by atoms with van der Waals surface area (Å²) in [7, 11) is 0. The van der Waals surface area contributed by atoms with Gasteiger partial charge in [0.1, 0.15) is 0 Å². The Bertz CT molecular complexity index is 4310. The van der Waals surface area contributed by atoms with E-state index in [-0.39, 0.29) is 0 Å². The Balaban J connectivity index is 0.796. The van der Waals surface area contributed by atoms with Crippen molar-refractivity contribution in [1.82, 2.24) is 15.0 Å². The first kappa shape index (κ1) is 40.9. The molecule has 0 aliphatic rings. The second-order valence-corrected chi connectivity index (χ2v) is 19.4. The molecule has 0 atom stereocenters. The molecular formula is C67H41N3S.